The molecule has 0 radical (unpaired) electrons. The first-order valence-electron chi connectivity index (χ1n) is 3.58. The van der Waals surface area contributed by atoms with Crippen molar-refractivity contribution in [1.82, 2.24) is 0 Å². The Bertz CT molecular complexity index is 315. The lowest BCUT2D eigenvalue weighted by Gasteiger charge is -2.15. The van der Waals surface area contributed by atoms with Gasteiger partial charge in [-0.2, -0.15) is 8.78 Å². The first kappa shape index (κ1) is 9.73. The number of benzene rings is 1. The van der Waals surface area contributed by atoms with Gasteiger partial charge in [0.1, 0.15) is 0 Å². The van der Waals surface area contributed by atoms with Crippen molar-refractivity contribution >= 4 is 0 Å². The van der Waals surface area contributed by atoms with E-state index >= 15 is 0 Å². The van der Waals surface area contributed by atoms with E-state index in [-0.39, 0.29) is 0 Å². The van der Waals surface area contributed by atoms with E-state index in [9.17, 15) is 8.78 Å². The van der Waals surface area contributed by atoms with Gasteiger partial charge in [-0.05, 0) is 12.1 Å². The molecule has 72 valence electrons. The molecule has 4 N–H and O–H groups in total. The summed E-state index contributed by atoms with van der Waals surface area (Å²) < 4.78 is 25.9. The average Bonchev–Trinajstić information content (AvgIpc) is 2.09. The van der Waals surface area contributed by atoms with Crippen LogP contribution in [-0.2, 0) is 5.92 Å². The van der Waals surface area contributed by atoms with Crippen molar-refractivity contribution < 1.29 is 19.0 Å². The molecule has 5 heteroatoms. The Morgan fingerprint density at radius 2 is 1.92 bits per heavy atom. The number of phenols is 2. The Hall–Kier alpha value is -1.36. The topological polar surface area (TPSA) is 66.5 Å². The van der Waals surface area contributed by atoms with Gasteiger partial charge in [0.25, 0.3) is 5.92 Å². The van der Waals surface area contributed by atoms with Gasteiger partial charge >= 0.3 is 0 Å². The van der Waals surface area contributed by atoms with Gasteiger partial charge in [-0.3, -0.25) is 0 Å². The van der Waals surface area contributed by atoms with Gasteiger partial charge < -0.3 is 15.9 Å². The van der Waals surface area contributed by atoms with Gasteiger partial charge in [-0.1, -0.05) is 6.07 Å². The summed E-state index contributed by atoms with van der Waals surface area (Å²) in [6, 6.07) is 3.35. The Morgan fingerprint density at radius 1 is 1.31 bits per heavy atom. The van der Waals surface area contributed by atoms with Crippen LogP contribution in [0.25, 0.3) is 0 Å². The largest absolute Gasteiger partial charge is 0.504 e. The summed E-state index contributed by atoms with van der Waals surface area (Å²) in [6.45, 7) is -0.913. The number of hydrogen-bond donors (Lipinski definition) is 3. The van der Waals surface area contributed by atoms with Gasteiger partial charge in [0.05, 0.1) is 12.1 Å². The fourth-order valence-corrected chi connectivity index (χ4v) is 0.936. The zero-order valence-electron chi connectivity index (χ0n) is 6.67. The number of phenolic OH excluding ortho intramolecular Hbond substituents is 2. The number of para-hydroxylation sites is 1. The predicted octanol–water partition coefficient (Wildman–Crippen LogP) is 1.15. The summed E-state index contributed by atoms with van der Waals surface area (Å²) in [5, 5.41) is 18.0. The molecule has 0 aliphatic rings. The van der Waals surface area contributed by atoms with Gasteiger partial charge in [0.2, 0.25) is 0 Å². The Kier molecular flexibility index (Phi) is 2.38. The molecule has 13 heavy (non-hydrogen) atoms. The fraction of sp³-hybridized carbons (Fsp3) is 0.250. The molecule has 0 spiro atoms. The minimum atomic E-state index is -3.32. The molecular formula is C8H9F2NO2. The van der Waals surface area contributed by atoms with Crippen molar-refractivity contribution in [1.29, 1.82) is 0 Å². The predicted molar refractivity (Wildman–Crippen MR) is 42.7 cm³/mol. The summed E-state index contributed by atoms with van der Waals surface area (Å²) in [5.74, 6) is -4.72. The summed E-state index contributed by atoms with van der Waals surface area (Å²) in [4.78, 5) is 0. The quantitative estimate of drug-likeness (QED) is 0.611. The molecule has 3 nitrogen and oxygen atoms in total. The molecule has 0 aromatic heterocycles. The SMILES string of the molecule is NCC(F)(F)c1cccc(O)c1O. The van der Waals surface area contributed by atoms with Gasteiger partial charge in [0.15, 0.2) is 11.5 Å². The van der Waals surface area contributed by atoms with Crippen molar-refractivity contribution in [2.75, 3.05) is 6.54 Å². The van der Waals surface area contributed by atoms with Crippen molar-refractivity contribution in [3.8, 4) is 11.5 Å². The molecule has 0 saturated carbocycles. The minimum absolute atomic E-state index is 0.578. The van der Waals surface area contributed by atoms with E-state index in [1.807, 2.05) is 0 Å². The van der Waals surface area contributed by atoms with E-state index in [0.29, 0.717) is 0 Å². The lowest BCUT2D eigenvalue weighted by Crippen LogP contribution is -2.25. The zero-order chi connectivity index (χ0) is 10.1. The number of hydrogen-bond acceptors (Lipinski definition) is 3. The number of nitrogens with two attached hydrogens (primary N) is 1. The van der Waals surface area contributed by atoms with E-state index in [1.165, 1.54) is 6.07 Å². The van der Waals surface area contributed by atoms with Crippen molar-refractivity contribution in [3.05, 3.63) is 23.8 Å². The first-order valence-corrected chi connectivity index (χ1v) is 3.58. The van der Waals surface area contributed by atoms with Crippen LogP contribution in [0, 0.1) is 0 Å². The highest BCUT2D eigenvalue weighted by molar-refractivity contribution is 5.46. The lowest BCUT2D eigenvalue weighted by molar-refractivity contribution is 0.00344. The number of alkyl halides is 2. The maximum atomic E-state index is 12.9. The van der Waals surface area contributed by atoms with Crippen LogP contribution < -0.4 is 5.73 Å². The molecule has 1 rings (SSSR count). The summed E-state index contributed by atoms with van der Waals surface area (Å²) in [6.07, 6.45) is 0. The van der Waals surface area contributed by atoms with Crippen LogP contribution in [-0.4, -0.2) is 16.8 Å². The van der Waals surface area contributed by atoms with Crippen molar-refractivity contribution in [3.63, 3.8) is 0 Å². The van der Waals surface area contributed by atoms with Crippen LogP contribution in [0.5, 0.6) is 11.5 Å². The van der Waals surface area contributed by atoms with Gasteiger partial charge in [-0.25, -0.2) is 0 Å². The minimum Gasteiger partial charge on any atom is -0.504 e. The molecule has 0 amide bonds. The van der Waals surface area contributed by atoms with Gasteiger partial charge in [-0.15, -0.1) is 0 Å². The van der Waals surface area contributed by atoms with Crippen LogP contribution in [0.4, 0.5) is 8.78 Å². The zero-order valence-corrected chi connectivity index (χ0v) is 6.67. The Labute approximate surface area is 73.4 Å². The summed E-state index contributed by atoms with van der Waals surface area (Å²) in [5.41, 5.74) is 4.16. The normalized spacial score (nSPS) is 11.6. The van der Waals surface area contributed by atoms with Crippen LogP contribution in [0.2, 0.25) is 0 Å². The van der Waals surface area contributed by atoms with Gasteiger partial charge in [0, 0.05) is 0 Å². The third-order valence-electron chi connectivity index (χ3n) is 1.67. The second kappa shape index (κ2) is 3.18. The first-order chi connectivity index (χ1) is 5.99. The van der Waals surface area contributed by atoms with E-state index in [1.54, 1.807) is 0 Å². The summed E-state index contributed by atoms with van der Waals surface area (Å²) >= 11 is 0. The Balaban J connectivity index is 3.22. The maximum absolute atomic E-state index is 12.9. The molecular weight excluding hydrogens is 180 g/mol. The third kappa shape index (κ3) is 1.70. The molecule has 0 heterocycles. The molecule has 0 saturated heterocycles. The fourth-order valence-electron chi connectivity index (χ4n) is 0.936. The second-order valence-corrected chi connectivity index (χ2v) is 2.58. The maximum Gasteiger partial charge on any atom is 0.288 e. The van der Waals surface area contributed by atoms with Crippen LogP contribution >= 0.6 is 0 Å². The second-order valence-electron chi connectivity index (χ2n) is 2.58. The highest BCUT2D eigenvalue weighted by Crippen LogP contribution is 2.38. The van der Waals surface area contributed by atoms with Crippen LogP contribution in [0.3, 0.4) is 0 Å². The van der Waals surface area contributed by atoms with E-state index in [4.69, 9.17) is 15.9 Å². The monoisotopic (exact) mass is 189 g/mol. The van der Waals surface area contributed by atoms with Crippen LogP contribution in [0.1, 0.15) is 5.56 Å². The van der Waals surface area contributed by atoms with Crippen molar-refractivity contribution in [2.24, 2.45) is 5.73 Å². The van der Waals surface area contributed by atoms with E-state index < -0.39 is 29.5 Å². The molecule has 0 aliphatic heterocycles. The van der Waals surface area contributed by atoms with Crippen molar-refractivity contribution in [2.45, 2.75) is 5.92 Å². The number of aromatic hydroxyl groups is 2. The molecule has 0 atom stereocenters. The molecule has 0 bridgehead atoms. The summed E-state index contributed by atoms with van der Waals surface area (Å²) in [7, 11) is 0. The molecule has 1 aromatic carbocycles. The highest BCUT2D eigenvalue weighted by atomic mass is 19.3. The average molecular weight is 189 g/mol. The Morgan fingerprint density at radius 3 is 2.46 bits per heavy atom. The standard InChI is InChI=1S/C8H9F2NO2/c9-8(10,4-11)5-2-1-3-6(12)7(5)13/h1-3,12-13H,4,11H2. The molecule has 1 aromatic rings. The molecule has 0 unspecified atom stereocenters. The molecule has 0 aliphatic carbocycles. The van der Waals surface area contributed by atoms with Crippen LogP contribution in [0.15, 0.2) is 18.2 Å². The van der Waals surface area contributed by atoms with E-state index in [2.05, 4.69) is 0 Å². The number of rotatable bonds is 2. The third-order valence-corrected chi connectivity index (χ3v) is 1.67. The highest BCUT2D eigenvalue weighted by Gasteiger charge is 2.33. The smallest absolute Gasteiger partial charge is 0.288 e. The molecule has 0 fully saturated rings. The lowest BCUT2D eigenvalue weighted by atomic mass is 10.1. The number of halogens is 2. The van der Waals surface area contributed by atoms with E-state index in [0.717, 1.165) is 12.1 Å².